The van der Waals surface area contributed by atoms with Crippen molar-refractivity contribution in [3.63, 3.8) is 0 Å². The van der Waals surface area contributed by atoms with Gasteiger partial charge in [0.1, 0.15) is 11.4 Å². The average molecular weight is 232 g/mol. The van der Waals surface area contributed by atoms with Crippen LogP contribution in [0.15, 0.2) is 6.20 Å². The van der Waals surface area contributed by atoms with E-state index in [4.69, 9.17) is 10.8 Å². The molecule has 0 aliphatic rings. The highest BCUT2D eigenvalue weighted by Crippen LogP contribution is 2.30. The summed E-state index contributed by atoms with van der Waals surface area (Å²) in [5, 5.41) is 18.0. The van der Waals surface area contributed by atoms with Crippen LogP contribution in [-0.2, 0) is 17.8 Å². The summed E-state index contributed by atoms with van der Waals surface area (Å²) in [4.78, 5) is 13.8. The fourth-order valence-corrected chi connectivity index (χ4v) is 1.30. The van der Waals surface area contributed by atoms with E-state index in [2.05, 4.69) is 4.98 Å². The number of aromatic nitrogens is 1. The van der Waals surface area contributed by atoms with Crippen LogP contribution in [-0.4, -0.2) is 21.2 Å². The molecular weight excluding hydrogens is 222 g/mol. The lowest BCUT2D eigenvalue weighted by Gasteiger charge is -2.10. The normalized spacial score (nSPS) is 10.8. The van der Waals surface area contributed by atoms with Gasteiger partial charge in [-0.15, -0.1) is 0 Å². The first kappa shape index (κ1) is 12.3. The number of alkyl halides is 2. The number of aromatic hydroxyl groups is 1. The lowest BCUT2D eigenvalue weighted by Crippen LogP contribution is -2.09. The van der Waals surface area contributed by atoms with Crippen molar-refractivity contribution in [3.8, 4) is 5.75 Å². The number of carboxylic acid groups (broad SMARTS) is 1. The maximum Gasteiger partial charge on any atom is 0.307 e. The van der Waals surface area contributed by atoms with Gasteiger partial charge in [-0.1, -0.05) is 0 Å². The number of aliphatic carboxylic acids is 1. The van der Waals surface area contributed by atoms with Gasteiger partial charge in [0.05, 0.1) is 6.42 Å². The fraction of sp³-hybridized carbons (Fsp3) is 0.333. The maximum atomic E-state index is 12.4. The van der Waals surface area contributed by atoms with E-state index >= 15 is 0 Å². The van der Waals surface area contributed by atoms with E-state index in [1.54, 1.807) is 0 Å². The molecule has 16 heavy (non-hydrogen) atoms. The highest BCUT2D eigenvalue weighted by molar-refractivity contribution is 5.71. The highest BCUT2D eigenvalue weighted by atomic mass is 19.3. The van der Waals surface area contributed by atoms with E-state index < -0.39 is 30.3 Å². The first-order valence-electron chi connectivity index (χ1n) is 4.37. The number of hydrogen-bond acceptors (Lipinski definition) is 4. The Hall–Kier alpha value is -1.76. The molecule has 5 nitrogen and oxygen atoms in total. The van der Waals surface area contributed by atoms with Gasteiger partial charge in [0.15, 0.2) is 0 Å². The van der Waals surface area contributed by atoms with Crippen LogP contribution < -0.4 is 5.73 Å². The Morgan fingerprint density at radius 3 is 2.62 bits per heavy atom. The molecule has 7 heteroatoms. The zero-order chi connectivity index (χ0) is 12.3. The molecular formula is C9H10F2N2O3. The molecule has 88 valence electrons. The number of halogens is 2. The van der Waals surface area contributed by atoms with Gasteiger partial charge in [-0.05, 0) is 5.56 Å². The molecule has 0 aliphatic carbocycles. The van der Waals surface area contributed by atoms with E-state index in [9.17, 15) is 18.7 Å². The van der Waals surface area contributed by atoms with Crippen molar-refractivity contribution >= 4 is 5.97 Å². The summed E-state index contributed by atoms with van der Waals surface area (Å²) in [5.74, 6) is -1.88. The van der Waals surface area contributed by atoms with Crippen molar-refractivity contribution in [2.75, 3.05) is 0 Å². The number of pyridine rings is 1. The van der Waals surface area contributed by atoms with Crippen LogP contribution >= 0.6 is 0 Å². The number of carbonyl (C=O) groups is 1. The van der Waals surface area contributed by atoms with Crippen LogP contribution in [0.25, 0.3) is 0 Å². The minimum atomic E-state index is -2.93. The summed E-state index contributed by atoms with van der Waals surface area (Å²) in [6.07, 6.45) is -2.35. The number of nitrogens with two attached hydrogens (primary N) is 1. The van der Waals surface area contributed by atoms with E-state index in [1.165, 1.54) is 0 Å². The van der Waals surface area contributed by atoms with Gasteiger partial charge < -0.3 is 15.9 Å². The standard InChI is InChI=1S/C9H10F2N2O3/c10-9(11)7-8(16)5(2-12)4(3-13-7)1-6(14)15/h3,9,16H,1-2,12H2,(H,14,15). The molecule has 1 aromatic heterocycles. The number of nitrogens with zero attached hydrogens (tertiary/aromatic N) is 1. The van der Waals surface area contributed by atoms with Gasteiger partial charge in [-0.3, -0.25) is 9.78 Å². The minimum Gasteiger partial charge on any atom is -0.505 e. The van der Waals surface area contributed by atoms with Crippen LogP contribution in [0.2, 0.25) is 0 Å². The molecule has 0 radical (unpaired) electrons. The maximum absolute atomic E-state index is 12.4. The van der Waals surface area contributed by atoms with Crippen molar-refractivity contribution in [1.82, 2.24) is 4.98 Å². The summed E-state index contributed by atoms with van der Waals surface area (Å²) in [5.41, 5.74) is 4.62. The number of carboxylic acids is 1. The predicted octanol–water partition coefficient (Wildman–Crippen LogP) is 0.811. The molecule has 0 fully saturated rings. The Morgan fingerprint density at radius 2 is 2.19 bits per heavy atom. The van der Waals surface area contributed by atoms with Crippen molar-refractivity contribution < 1.29 is 23.8 Å². The van der Waals surface area contributed by atoms with Crippen LogP contribution in [0, 0.1) is 0 Å². The molecule has 0 saturated carbocycles. The Morgan fingerprint density at radius 1 is 1.56 bits per heavy atom. The summed E-state index contributed by atoms with van der Waals surface area (Å²) in [6, 6.07) is 0. The van der Waals surface area contributed by atoms with Crippen LogP contribution in [0.4, 0.5) is 8.78 Å². The monoisotopic (exact) mass is 232 g/mol. The largest absolute Gasteiger partial charge is 0.505 e. The molecule has 4 N–H and O–H groups in total. The van der Waals surface area contributed by atoms with Crippen LogP contribution in [0.1, 0.15) is 23.2 Å². The first-order valence-corrected chi connectivity index (χ1v) is 4.37. The highest BCUT2D eigenvalue weighted by Gasteiger charge is 2.20. The Labute approximate surface area is 89.5 Å². The third-order valence-corrected chi connectivity index (χ3v) is 2.03. The molecule has 0 aromatic carbocycles. The zero-order valence-corrected chi connectivity index (χ0v) is 8.15. The SMILES string of the molecule is NCc1c(CC(=O)O)cnc(C(F)F)c1O. The van der Waals surface area contributed by atoms with Gasteiger partial charge in [-0.2, -0.15) is 0 Å². The summed E-state index contributed by atoms with van der Waals surface area (Å²) in [7, 11) is 0. The molecule has 0 bridgehead atoms. The van der Waals surface area contributed by atoms with Crippen LogP contribution in [0.3, 0.4) is 0 Å². The van der Waals surface area contributed by atoms with E-state index in [0.717, 1.165) is 6.20 Å². The molecule has 0 aliphatic heterocycles. The molecule has 0 spiro atoms. The lowest BCUT2D eigenvalue weighted by molar-refractivity contribution is -0.136. The van der Waals surface area contributed by atoms with Gasteiger partial charge >= 0.3 is 5.97 Å². The summed E-state index contributed by atoms with van der Waals surface area (Å²) in [6.45, 7) is -0.226. The molecule has 0 atom stereocenters. The zero-order valence-electron chi connectivity index (χ0n) is 8.15. The average Bonchev–Trinajstić information content (AvgIpc) is 2.16. The molecule has 1 rings (SSSR count). The third kappa shape index (κ3) is 2.43. The van der Waals surface area contributed by atoms with Gasteiger partial charge in [0.2, 0.25) is 0 Å². The van der Waals surface area contributed by atoms with E-state index in [-0.39, 0.29) is 17.7 Å². The second kappa shape index (κ2) is 4.84. The minimum absolute atomic E-state index is 0.00676. The molecule has 1 aromatic rings. The van der Waals surface area contributed by atoms with Crippen molar-refractivity contribution in [2.45, 2.75) is 19.4 Å². The first-order chi connectivity index (χ1) is 7.47. The molecule has 1 heterocycles. The Kier molecular flexibility index (Phi) is 3.73. The number of rotatable bonds is 4. The Bertz CT molecular complexity index is 410. The predicted molar refractivity (Wildman–Crippen MR) is 50.1 cm³/mol. The van der Waals surface area contributed by atoms with Gasteiger partial charge in [0.25, 0.3) is 6.43 Å². The quantitative estimate of drug-likeness (QED) is 0.713. The second-order valence-electron chi connectivity index (χ2n) is 3.07. The fourth-order valence-electron chi connectivity index (χ4n) is 1.30. The molecule has 0 unspecified atom stereocenters. The van der Waals surface area contributed by atoms with Crippen LogP contribution in [0.5, 0.6) is 5.75 Å². The second-order valence-corrected chi connectivity index (χ2v) is 3.07. The smallest absolute Gasteiger partial charge is 0.307 e. The topological polar surface area (TPSA) is 96.4 Å². The number of hydrogen-bond donors (Lipinski definition) is 3. The van der Waals surface area contributed by atoms with Crippen molar-refractivity contribution in [1.29, 1.82) is 0 Å². The molecule has 0 saturated heterocycles. The molecule has 0 amide bonds. The van der Waals surface area contributed by atoms with E-state index in [0.29, 0.717) is 0 Å². The lowest BCUT2D eigenvalue weighted by atomic mass is 10.0. The third-order valence-electron chi connectivity index (χ3n) is 2.03. The summed E-state index contributed by atoms with van der Waals surface area (Å²) >= 11 is 0. The summed E-state index contributed by atoms with van der Waals surface area (Å²) < 4.78 is 24.7. The Balaban J connectivity index is 3.23. The van der Waals surface area contributed by atoms with Crippen molar-refractivity contribution in [2.24, 2.45) is 5.73 Å². The van der Waals surface area contributed by atoms with Gasteiger partial charge in [0, 0.05) is 18.3 Å². The van der Waals surface area contributed by atoms with E-state index in [1.807, 2.05) is 0 Å². The van der Waals surface area contributed by atoms with Gasteiger partial charge in [-0.25, -0.2) is 8.78 Å². The van der Waals surface area contributed by atoms with Crippen molar-refractivity contribution in [3.05, 3.63) is 23.0 Å².